The zero-order valence-corrected chi connectivity index (χ0v) is 9.35. The van der Waals surface area contributed by atoms with Crippen molar-refractivity contribution < 1.29 is 0 Å². The Hall–Kier alpha value is -2.02. The second-order valence-corrected chi connectivity index (χ2v) is 3.77. The second kappa shape index (κ2) is 4.67. The van der Waals surface area contributed by atoms with Crippen LogP contribution in [-0.2, 0) is 0 Å². The fourth-order valence-electron chi connectivity index (χ4n) is 1.68. The van der Waals surface area contributed by atoms with Crippen molar-refractivity contribution in [2.24, 2.45) is 5.73 Å². The third kappa shape index (κ3) is 2.14. The number of nitrogens with two attached hydrogens (primary N) is 1. The van der Waals surface area contributed by atoms with Gasteiger partial charge < -0.3 is 5.73 Å². The van der Waals surface area contributed by atoms with Crippen LogP contribution in [0.25, 0.3) is 11.3 Å². The molecule has 80 valence electrons. The quantitative estimate of drug-likeness (QED) is 0.752. The van der Waals surface area contributed by atoms with E-state index >= 15 is 0 Å². The molecule has 0 aliphatic rings. The summed E-state index contributed by atoms with van der Waals surface area (Å²) in [5.74, 6) is 0. The van der Waals surface area contributed by atoms with E-state index in [-0.39, 0.29) is 0 Å². The lowest BCUT2D eigenvalue weighted by molar-refractivity contribution is 1.48. The first-order valence-corrected chi connectivity index (χ1v) is 5.36. The third-order valence-corrected chi connectivity index (χ3v) is 2.70. The Kier molecular flexibility index (Phi) is 3.06. The molecule has 0 unspecified atom stereocenters. The lowest BCUT2D eigenvalue weighted by Crippen LogP contribution is -1.99. The average molecular weight is 209 g/mol. The Morgan fingerprint density at radius 2 is 1.19 bits per heavy atom. The summed E-state index contributed by atoms with van der Waals surface area (Å²) in [6.07, 6.45) is 0. The summed E-state index contributed by atoms with van der Waals surface area (Å²) in [5.41, 5.74) is 10.4. The maximum atomic E-state index is 6.15. The minimum Gasteiger partial charge on any atom is -0.398 e. The first kappa shape index (κ1) is 10.5. The third-order valence-electron chi connectivity index (χ3n) is 2.70. The van der Waals surface area contributed by atoms with Crippen LogP contribution in [0, 0.1) is 0 Å². The molecule has 0 aliphatic carbocycles. The molecule has 0 fully saturated rings. The highest BCUT2D eigenvalue weighted by Gasteiger charge is 2.02. The van der Waals surface area contributed by atoms with Gasteiger partial charge in [0.25, 0.3) is 0 Å². The van der Waals surface area contributed by atoms with Crippen LogP contribution >= 0.6 is 0 Å². The Balaban J connectivity index is 2.43. The van der Waals surface area contributed by atoms with Gasteiger partial charge in [-0.3, -0.25) is 0 Å². The maximum absolute atomic E-state index is 6.15. The predicted octanol–water partition coefficient (Wildman–Crippen LogP) is 3.53. The monoisotopic (exact) mass is 209 g/mol. The SMILES string of the molecule is C/C(=C(\N)c1ccccc1)c1ccccc1. The first-order valence-electron chi connectivity index (χ1n) is 5.36. The van der Waals surface area contributed by atoms with Gasteiger partial charge in [0.15, 0.2) is 0 Å². The van der Waals surface area contributed by atoms with Crippen LogP contribution in [-0.4, -0.2) is 0 Å². The molecule has 0 bridgehead atoms. The molecule has 0 atom stereocenters. The molecule has 0 aromatic heterocycles. The van der Waals surface area contributed by atoms with Gasteiger partial charge in [-0.1, -0.05) is 60.7 Å². The molecule has 2 rings (SSSR count). The fraction of sp³-hybridized carbons (Fsp3) is 0.0667. The zero-order valence-electron chi connectivity index (χ0n) is 9.35. The first-order chi connectivity index (χ1) is 7.79. The molecular weight excluding hydrogens is 194 g/mol. The fourth-order valence-corrected chi connectivity index (χ4v) is 1.68. The van der Waals surface area contributed by atoms with E-state index in [0.717, 1.165) is 16.8 Å². The smallest absolute Gasteiger partial charge is 0.0423 e. The van der Waals surface area contributed by atoms with Crippen LogP contribution in [0.3, 0.4) is 0 Å². The molecule has 0 saturated heterocycles. The summed E-state index contributed by atoms with van der Waals surface area (Å²) in [4.78, 5) is 0. The van der Waals surface area contributed by atoms with E-state index < -0.39 is 0 Å². The average Bonchev–Trinajstić information content (AvgIpc) is 2.39. The van der Waals surface area contributed by atoms with Crippen LogP contribution in [0.1, 0.15) is 18.1 Å². The highest BCUT2D eigenvalue weighted by Crippen LogP contribution is 2.21. The molecule has 0 saturated carbocycles. The van der Waals surface area contributed by atoms with Gasteiger partial charge in [0.2, 0.25) is 0 Å². The van der Waals surface area contributed by atoms with Gasteiger partial charge >= 0.3 is 0 Å². The molecule has 0 aliphatic heterocycles. The lowest BCUT2D eigenvalue weighted by atomic mass is 10.0. The van der Waals surface area contributed by atoms with E-state index in [2.05, 4.69) is 19.1 Å². The topological polar surface area (TPSA) is 26.0 Å². The van der Waals surface area contributed by atoms with Gasteiger partial charge in [-0.05, 0) is 23.6 Å². The predicted molar refractivity (Wildman–Crippen MR) is 69.6 cm³/mol. The summed E-state index contributed by atoms with van der Waals surface area (Å²) in [7, 11) is 0. The zero-order chi connectivity index (χ0) is 11.4. The van der Waals surface area contributed by atoms with Crippen LogP contribution < -0.4 is 5.73 Å². The molecule has 1 nitrogen and oxygen atoms in total. The van der Waals surface area contributed by atoms with Crippen molar-refractivity contribution in [2.45, 2.75) is 6.92 Å². The van der Waals surface area contributed by atoms with Crippen molar-refractivity contribution in [3.63, 3.8) is 0 Å². The number of hydrogen-bond acceptors (Lipinski definition) is 1. The molecule has 0 spiro atoms. The van der Waals surface area contributed by atoms with Crippen molar-refractivity contribution in [2.75, 3.05) is 0 Å². The van der Waals surface area contributed by atoms with Crippen LogP contribution in [0.5, 0.6) is 0 Å². The van der Waals surface area contributed by atoms with E-state index in [1.807, 2.05) is 48.5 Å². The van der Waals surface area contributed by atoms with Gasteiger partial charge in [0, 0.05) is 5.70 Å². The summed E-state index contributed by atoms with van der Waals surface area (Å²) in [5, 5.41) is 0. The van der Waals surface area contributed by atoms with Crippen molar-refractivity contribution >= 4 is 11.3 Å². The molecule has 2 aromatic carbocycles. The molecular formula is C15H15N. The van der Waals surface area contributed by atoms with Gasteiger partial charge in [0.1, 0.15) is 0 Å². The van der Waals surface area contributed by atoms with Gasteiger partial charge in [-0.15, -0.1) is 0 Å². The Morgan fingerprint density at radius 3 is 1.69 bits per heavy atom. The van der Waals surface area contributed by atoms with Crippen molar-refractivity contribution in [3.05, 3.63) is 71.8 Å². The van der Waals surface area contributed by atoms with Gasteiger partial charge in [-0.2, -0.15) is 0 Å². The maximum Gasteiger partial charge on any atom is 0.0423 e. The van der Waals surface area contributed by atoms with E-state index in [9.17, 15) is 0 Å². The van der Waals surface area contributed by atoms with E-state index in [1.54, 1.807) is 0 Å². The minimum atomic E-state index is 0.840. The van der Waals surface area contributed by atoms with Crippen molar-refractivity contribution in [3.8, 4) is 0 Å². The van der Waals surface area contributed by atoms with Crippen molar-refractivity contribution in [1.82, 2.24) is 0 Å². The number of hydrogen-bond donors (Lipinski definition) is 1. The summed E-state index contributed by atoms with van der Waals surface area (Å²) < 4.78 is 0. The Labute approximate surface area is 96.2 Å². The van der Waals surface area contributed by atoms with Gasteiger partial charge in [-0.25, -0.2) is 0 Å². The normalized spacial score (nSPS) is 12.1. The largest absolute Gasteiger partial charge is 0.398 e. The lowest BCUT2D eigenvalue weighted by Gasteiger charge is -2.08. The number of allylic oxidation sites excluding steroid dienone is 1. The highest BCUT2D eigenvalue weighted by molar-refractivity contribution is 5.88. The van der Waals surface area contributed by atoms with Gasteiger partial charge in [0.05, 0.1) is 0 Å². The molecule has 2 N–H and O–H groups in total. The van der Waals surface area contributed by atoms with E-state index in [4.69, 9.17) is 5.73 Å². The molecule has 0 radical (unpaired) electrons. The van der Waals surface area contributed by atoms with Crippen molar-refractivity contribution in [1.29, 1.82) is 0 Å². The summed E-state index contributed by atoms with van der Waals surface area (Å²) in [6, 6.07) is 20.3. The Morgan fingerprint density at radius 1 is 0.750 bits per heavy atom. The molecule has 2 aromatic rings. The summed E-state index contributed by atoms with van der Waals surface area (Å²) in [6.45, 7) is 2.05. The van der Waals surface area contributed by atoms with Crippen LogP contribution in [0.4, 0.5) is 0 Å². The van der Waals surface area contributed by atoms with E-state index in [1.165, 1.54) is 5.56 Å². The Bertz CT molecular complexity index is 436. The van der Waals surface area contributed by atoms with Crippen LogP contribution in [0.15, 0.2) is 60.7 Å². The second-order valence-electron chi connectivity index (χ2n) is 3.77. The van der Waals surface area contributed by atoms with Crippen LogP contribution in [0.2, 0.25) is 0 Å². The molecule has 0 amide bonds. The standard InChI is InChI=1S/C15H15N/c1-12(13-8-4-2-5-9-13)15(16)14-10-6-3-7-11-14/h2-11H,16H2,1H3/b15-12+. The molecule has 1 heteroatoms. The number of benzene rings is 2. The summed E-state index contributed by atoms with van der Waals surface area (Å²) >= 11 is 0. The van der Waals surface area contributed by atoms with E-state index in [0.29, 0.717) is 0 Å². The number of rotatable bonds is 2. The minimum absolute atomic E-state index is 0.840. The molecule has 0 heterocycles. The molecule has 16 heavy (non-hydrogen) atoms. The highest BCUT2D eigenvalue weighted by atomic mass is 14.6.